The number of hydrogen-bond donors (Lipinski definition) is 1. The van der Waals surface area contributed by atoms with Gasteiger partial charge in [0, 0.05) is 19.3 Å². The molecule has 2 nitrogen and oxygen atoms in total. The van der Waals surface area contributed by atoms with Gasteiger partial charge in [-0.25, -0.2) is 4.39 Å². The van der Waals surface area contributed by atoms with Gasteiger partial charge in [-0.15, -0.1) is 0 Å². The second-order valence-corrected chi connectivity index (χ2v) is 7.17. The summed E-state index contributed by atoms with van der Waals surface area (Å²) in [4.78, 5) is 2.23. The van der Waals surface area contributed by atoms with Crippen LogP contribution in [0.5, 0.6) is 0 Å². The maximum atomic E-state index is 13.5. The van der Waals surface area contributed by atoms with Crippen LogP contribution >= 0.6 is 0 Å². The first-order valence-corrected chi connectivity index (χ1v) is 8.29. The molecule has 0 aliphatic heterocycles. The SMILES string of the molecule is CN(c1cccc(F)c1)C1(CN)CCC2(CCCC2)CC1. The van der Waals surface area contributed by atoms with Crippen LogP contribution in [0.3, 0.4) is 0 Å². The second kappa shape index (κ2) is 5.60. The molecule has 2 saturated carbocycles. The fourth-order valence-corrected chi connectivity index (χ4v) is 4.51. The molecule has 1 spiro atoms. The first kappa shape index (κ1) is 14.8. The summed E-state index contributed by atoms with van der Waals surface area (Å²) in [5, 5.41) is 0. The van der Waals surface area contributed by atoms with E-state index in [1.54, 1.807) is 12.1 Å². The van der Waals surface area contributed by atoms with Crippen molar-refractivity contribution in [3.05, 3.63) is 30.1 Å². The summed E-state index contributed by atoms with van der Waals surface area (Å²) >= 11 is 0. The first-order chi connectivity index (χ1) is 10.1. The Labute approximate surface area is 127 Å². The Morgan fingerprint density at radius 1 is 1.10 bits per heavy atom. The molecule has 0 atom stereocenters. The quantitative estimate of drug-likeness (QED) is 0.908. The van der Waals surface area contributed by atoms with Gasteiger partial charge in [0.25, 0.3) is 0 Å². The Morgan fingerprint density at radius 3 is 2.33 bits per heavy atom. The van der Waals surface area contributed by atoms with E-state index in [9.17, 15) is 4.39 Å². The van der Waals surface area contributed by atoms with E-state index in [0.29, 0.717) is 12.0 Å². The summed E-state index contributed by atoms with van der Waals surface area (Å²) in [5.41, 5.74) is 7.71. The number of halogens is 1. The molecule has 0 radical (unpaired) electrons. The zero-order valence-corrected chi connectivity index (χ0v) is 13.1. The molecule has 0 saturated heterocycles. The minimum absolute atomic E-state index is 0.00162. The molecule has 3 heteroatoms. The molecule has 0 bridgehead atoms. The Bertz CT molecular complexity index is 484. The number of hydrogen-bond acceptors (Lipinski definition) is 2. The van der Waals surface area contributed by atoms with E-state index in [-0.39, 0.29) is 11.4 Å². The monoisotopic (exact) mass is 290 g/mol. The number of benzene rings is 1. The van der Waals surface area contributed by atoms with Crippen LogP contribution in [0.1, 0.15) is 51.4 Å². The van der Waals surface area contributed by atoms with Gasteiger partial charge in [-0.05, 0) is 62.1 Å². The van der Waals surface area contributed by atoms with E-state index in [0.717, 1.165) is 18.5 Å². The van der Waals surface area contributed by atoms with E-state index < -0.39 is 0 Å². The zero-order chi connectivity index (χ0) is 14.9. The van der Waals surface area contributed by atoms with Crippen LogP contribution in [0.15, 0.2) is 24.3 Å². The maximum Gasteiger partial charge on any atom is 0.125 e. The van der Waals surface area contributed by atoms with Gasteiger partial charge in [0.05, 0.1) is 5.54 Å². The Kier molecular flexibility index (Phi) is 3.96. The van der Waals surface area contributed by atoms with Crippen molar-refractivity contribution in [2.24, 2.45) is 11.1 Å². The van der Waals surface area contributed by atoms with E-state index >= 15 is 0 Å². The van der Waals surface area contributed by atoms with Crippen molar-refractivity contribution < 1.29 is 4.39 Å². The summed E-state index contributed by atoms with van der Waals surface area (Å²) in [6.45, 7) is 0.649. The molecule has 0 heterocycles. The molecule has 0 aromatic heterocycles. The van der Waals surface area contributed by atoms with Crippen molar-refractivity contribution in [2.75, 3.05) is 18.5 Å². The van der Waals surface area contributed by atoms with Crippen LogP contribution in [0.2, 0.25) is 0 Å². The molecule has 116 valence electrons. The molecule has 21 heavy (non-hydrogen) atoms. The van der Waals surface area contributed by atoms with Gasteiger partial charge in [-0.3, -0.25) is 0 Å². The summed E-state index contributed by atoms with van der Waals surface area (Å²) in [6, 6.07) is 6.89. The van der Waals surface area contributed by atoms with Gasteiger partial charge < -0.3 is 10.6 Å². The number of anilines is 1. The van der Waals surface area contributed by atoms with Gasteiger partial charge >= 0.3 is 0 Å². The number of nitrogens with two attached hydrogens (primary N) is 1. The molecule has 2 aliphatic rings. The highest BCUT2D eigenvalue weighted by Crippen LogP contribution is 2.52. The topological polar surface area (TPSA) is 29.3 Å². The standard InChI is InChI=1S/C18H27FN2/c1-21(16-6-4-5-15(19)13-16)18(14-20)11-9-17(10-12-18)7-2-3-8-17/h4-6,13H,2-3,7-12,14,20H2,1H3. The maximum absolute atomic E-state index is 13.5. The third kappa shape index (κ3) is 2.68. The lowest BCUT2D eigenvalue weighted by atomic mass is 9.66. The lowest BCUT2D eigenvalue weighted by Gasteiger charge is -2.50. The van der Waals surface area contributed by atoms with Crippen LogP contribution in [0, 0.1) is 11.2 Å². The molecule has 1 aromatic rings. The molecule has 2 N–H and O–H groups in total. The smallest absolute Gasteiger partial charge is 0.125 e. The molecular weight excluding hydrogens is 263 g/mol. The molecule has 2 aliphatic carbocycles. The van der Waals surface area contributed by atoms with Crippen LogP contribution in [0.4, 0.5) is 10.1 Å². The summed E-state index contributed by atoms with van der Waals surface area (Å²) in [6.07, 6.45) is 10.4. The van der Waals surface area contributed by atoms with Crippen LogP contribution in [-0.2, 0) is 0 Å². The number of rotatable bonds is 3. The van der Waals surface area contributed by atoms with Crippen LogP contribution in [-0.4, -0.2) is 19.1 Å². The minimum atomic E-state index is -0.172. The number of nitrogens with zero attached hydrogens (tertiary/aromatic N) is 1. The molecule has 0 unspecified atom stereocenters. The molecule has 3 rings (SSSR count). The Hall–Kier alpha value is -1.09. The largest absolute Gasteiger partial charge is 0.368 e. The van der Waals surface area contributed by atoms with Crippen molar-refractivity contribution >= 4 is 5.69 Å². The Morgan fingerprint density at radius 2 is 1.76 bits per heavy atom. The fourth-order valence-electron chi connectivity index (χ4n) is 4.51. The van der Waals surface area contributed by atoms with E-state index in [1.807, 2.05) is 6.07 Å². The third-order valence-electron chi connectivity index (χ3n) is 6.19. The second-order valence-electron chi connectivity index (χ2n) is 7.17. The highest BCUT2D eigenvalue weighted by Gasteiger charge is 2.45. The molecule has 0 amide bonds. The molecule has 2 fully saturated rings. The summed E-state index contributed by atoms with van der Waals surface area (Å²) < 4.78 is 13.5. The van der Waals surface area contributed by atoms with Crippen molar-refractivity contribution in [2.45, 2.75) is 56.9 Å². The van der Waals surface area contributed by atoms with E-state index in [2.05, 4.69) is 11.9 Å². The normalized spacial score (nSPS) is 23.4. The highest BCUT2D eigenvalue weighted by atomic mass is 19.1. The zero-order valence-electron chi connectivity index (χ0n) is 13.1. The predicted molar refractivity (Wildman–Crippen MR) is 86.0 cm³/mol. The summed E-state index contributed by atoms with van der Waals surface area (Å²) in [5.74, 6) is -0.172. The lowest BCUT2D eigenvalue weighted by molar-refractivity contribution is 0.135. The Balaban J connectivity index is 1.78. The van der Waals surface area contributed by atoms with E-state index in [1.165, 1.54) is 44.6 Å². The highest BCUT2D eigenvalue weighted by molar-refractivity contribution is 5.49. The predicted octanol–water partition coefficient (Wildman–Crippen LogP) is 4.09. The average molecular weight is 290 g/mol. The van der Waals surface area contributed by atoms with Crippen molar-refractivity contribution in [1.29, 1.82) is 0 Å². The van der Waals surface area contributed by atoms with Gasteiger partial charge in [0.15, 0.2) is 0 Å². The van der Waals surface area contributed by atoms with Gasteiger partial charge in [-0.2, -0.15) is 0 Å². The lowest BCUT2D eigenvalue weighted by Crippen LogP contribution is -2.55. The fraction of sp³-hybridized carbons (Fsp3) is 0.667. The number of likely N-dealkylation sites (N-methyl/N-ethyl adjacent to an activating group) is 1. The minimum Gasteiger partial charge on any atom is -0.368 e. The molecular formula is C18H27FN2. The molecule has 1 aromatic carbocycles. The van der Waals surface area contributed by atoms with Crippen LogP contribution < -0.4 is 10.6 Å². The first-order valence-electron chi connectivity index (χ1n) is 8.29. The van der Waals surface area contributed by atoms with Gasteiger partial charge in [0.1, 0.15) is 5.82 Å². The third-order valence-corrected chi connectivity index (χ3v) is 6.19. The summed E-state index contributed by atoms with van der Waals surface area (Å²) in [7, 11) is 2.08. The van der Waals surface area contributed by atoms with Crippen molar-refractivity contribution in [3.8, 4) is 0 Å². The van der Waals surface area contributed by atoms with Gasteiger partial charge in [0.2, 0.25) is 0 Å². The van der Waals surface area contributed by atoms with Gasteiger partial charge in [-0.1, -0.05) is 18.9 Å². The van der Waals surface area contributed by atoms with Crippen molar-refractivity contribution in [3.63, 3.8) is 0 Å². The van der Waals surface area contributed by atoms with Crippen molar-refractivity contribution in [1.82, 2.24) is 0 Å². The van der Waals surface area contributed by atoms with Crippen LogP contribution in [0.25, 0.3) is 0 Å². The van der Waals surface area contributed by atoms with E-state index in [4.69, 9.17) is 5.73 Å². The average Bonchev–Trinajstić information content (AvgIpc) is 2.96.